The van der Waals surface area contributed by atoms with E-state index in [4.69, 9.17) is 0 Å². The first-order valence-electron chi connectivity index (χ1n) is 8.93. The van der Waals surface area contributed by atoms with Gasteiger partial charge in [0, 0.05) is 16.5 Å². The Labute approximate surface area is 169 Å². The fourth-order valence-corrected chi connectivity index (χ4v) is 3.69. The summed E-state index contributed by atoms with van der Waals surface area (Å²) in [6.07, 6.45) is 1.21. The average Bonchev–Trinajstić information content (AvgIpc) is 3.14. The second kappa shape index (κ2) is 7.92. The van der Waals surface area contributed by atoms with E-state index in [1.165, 1.54) is 34.3 Å². The van der Waals surface area contributed by atoms with E-state index in [9.17, 15) is 14.0 Å². The average molecular weight is 408 g/mol. The number of hydrogen-bond acceptors (Lipinski definition) is 5. The van der Waals surface area contributed by atoms with Gasteiger partial charge < -0.3 is 4.90 Å². The highest BCUT2D eigenvalue weighted by atomic mass is 32.1. The minimum atomic E-state index is -0.376. The molecule has 0 atom stereocenters. The van der Waals surface area contributed by atoms with E-state index in [1.807, 2.05) is 12.3 Å². The van der Waals surface area contributed by atoms with E-state index < -0.39 is 0 Å². The summed E-state index contributed by atoms with van der Waals surface area (Å²) < 4.78 is 14.9. The van der Waals surface area contributed by atoms with Crippen LogP contribution in [0.3, 0.4) is 0 Å². The van der Waals surface area contributed by atoms with Crippen LogP contribution < -0.4 is 10.3 Å². The number of rotatable bonds is 5. The third-order valence-corrected chi connectivity index (χ3v) is 5.30. The fraction of sp³-hybridized carbons (Fsp3) is 0.143. The first-order chi connectivity index (χ1) is 14.0. The minimum absolute atomic E-state index is 0.0682. The first-order valence-corrected chi connectivity index (χ1v) is 9.81. The number of carbonyl (C=O) groups is 1. The monoisotopic (exact) mass is 408 g/mol. The molecule has 6 nitrogen and oxygen atoms in total. The molecular weight excluding hydrogens is 391 g/mol. The standard InChI is InChI=1S/C21H17FN4O2S/c1-14-24-16(13-29-14)11-25(17-8-6-15(22)7-9-17)21(28)12-26-19-5-3-2-4-18(19)20(27)10-23-26/h2-10,13H,11-12H2,1H3. The summed E-state index contributed by atoms with van der Waals surface area (Å²) in [6.45, 7) is 2.09. The van der Waals surface area contributed by atoms with E-state index >= 15 is 0 Å². The van der Waals surface area contributed by atoms with Crippen LogP contribution in [0.5, 0.6) is 0 Å². The van der Waals surface area contributed by atoms with Gasteiger partial charge in [-0.2, -0.15) is 5.10 Å². The third kappa shape index (κ3) is 4.07. The lowest BCUT2D eigenvalue weighted by molar-refractivity contribution is -0.119. The number of anilines is 1. The minimum Gasteiger partial charge on any atom is -0.305 e. The van der Waals surface area contributed by atoms with Gasteiger partial charge >= 0.3 is 0 Å². The van der Waals surface area contributed by atoms with E-state index in [1.54, 1.807) is 41.3 Å². The zero-order valence-corrected chi connectivity index (χ0v) is 16.4. The van der Waals surface area contributed by atoms with Crippen LogP contribution in [0.25, 0.3) is 10.9 Å². The van der Waals surface area contributed by atoms with Gasteiger partial charge in [0.1, 0.15) is 12.4 Å². The summed E-state index contributed by atoms with van der Waals surface area (Å²) in [5, 5.41) is 7.43. The van der Waals surface area contributed by atoms with Crippen molar-refractivity contribution >= 4 is 33.8 Å². The van der Waals surface area contributed by atoms with Crippen LogP contribution in [0.2, 0.25) is 0 Å². The lowest BCUT2D eigenvalue weighted by atomic mass is 10.2. The van der Waals surface area contributed by atoms with Gasteiger partial charge in [-0.05, 0) is 43.3 Å². The SMILES string of the molecule is Cc1nc(CN(C(=O)Cn2ncc(=O)c3ccccc32)c2ccc(F)cc2)cs1. The van der Waals surface area contributed by atoms with Gasteiger partial charge in [0.25, 0.3) is 0 Å². The van der Waals surface area contributed by atoms with Gasteiger partial charge in [0.15, 0.2) is 0 Å². The molecule has 0 bridgehead atoms. The molecule has 0 spiro atoms. The normalized spacial score (nSPS) is 11.0. The Hall–Kier alpha value is -3.39. The number of amides is 1. The van der Waals surface area contributed by atoms with Crippen LogP contribution in [0, 0.1) is 12.7 Å². The highest BCUT2D eigenvalue weighted by Crippen LogP contribution is 2.20. The van der Waals surface area contributed by atoms with E-state index in [0.29, 0.717) is 16.6 Å². The number of thiazole rings is 1. The van der Waals surface area contributed by atoms with Crippen molar-refractivity contribution in [3.8, 4) is 0 Å². The number of halogens is 1. The van der Waals surface area contributed by atoms with Crippen LogP contribution >= 0.6 is 11.3 Å². The Morgan fingerprint density at radius 1 is 1.17 bits per heavy atom. The maximum absolute atomic E-state index is 13.4. The predicted molar refractivity (Wildman–Crippen MR) is 110 cm³/mol. The molecule has 0 saturated heterocycles. The molecule has 0 aliphatic rings. The number of nitrogens with zero attached hydrogens (tertiary/aromatic N) is 4. The molecule has 0 saturated carbocycles. The van der Waals surface area contributed by atoms with Crippen molar-refractivity contribution in [2.24, 2.45) is 0 Å². The molecule has 0 aliphatic carbocycles. The molecular formula is C21H17FN4O2S. The van der Waals surface area contributed by atoms with Gasteiger partial charge in [0.2, 0.25) is 11.3 Å². The molecule has 8 heteroatoms. The van der Waals surface area contributed by atoms with Crippen LogP contribution in [-0.2, 0) is 17.9 Å². The predicted octanol–water partition coefficient (Wildman–Crippen LogP) is 3.53. The number of carbonyl (C=O) groups excluding carboxylic acids is 1. The van der Waals surface area contributed by atoms with Gasteiger partial charge in [-0.3, -0.25) is 14.3 Å². The molecule has 2 heterocycles. The number of fused-ring (bicyclic) bond motifs is 1. The quantitative estimate of drug-likeness (QED) is 0.507. The number of aryl methyl sites for hydroxylation is 1. The number of aromatic nitrogens is 3. The molecule has 2 aromatic carbocycles. The smallest absolute Gasteiger partial charge is 0.249 e. The number of hydrogen-bond donors (Lipinski definition) is 0. The summed E-state index contributed by atoms with van der Waals surface area (Å²) in [4.78, 5) is 31.2. The summed E-state index contributed by atoms with van der Waals surface area (Å²) in [5.41, 5.74) is 1.70. The molecule has 4 rings (SSSR count). The molecule has 0 aliphatic heterocycles. The molecule has 0 radical (unpaired) electrons. The van der Waals surface area contributed by atoms with Crippen LogP contribution in [0.1, 0.15) is 10.7 Å². The maximum Gasteiger partial charge on any atom is 0.249 e. The third-order valence-electron chi connectivity index (χ3n) is 4.47. The van der Waals surface area contributed by atoms with Crippen molar-refractivity contribution in [2.45, 2.75) is 20.0 Å². The number of benzene rings is 2. The highest BCUT2D eigenvalue weighted by Gasteiger charge is 2.19. The van der Waals surface area contributed by atoms with Crippen LogP contribution in [0.4, 0.5) is 10.1 Å². The lowest BCUT2D eigenvalue weighted by Crippen LogP contribution is -2.34. The summed E-state index contributed by atoms with van der Waals surface area (Å²) in [5.74, 6) is -0.623. The van der Waals surface area contributed by atoms with Gasteiger partial charge in [-0.1, -0.05) is 12.1 Å². The molecule has 2 aromatic heterocycles. The van der Waals surface area contributed by atoms with E-state index in [-0.39, 0.29) is 30.2 Å². The largest absolute Gasteiger partial charge is 0.305 e. The molecule has 1 amide bonds. The van der Waals surface area contributed by atoms with Gasteiger partial charge in [-0.25, -0.2) is 9.37 Å². The Balaban J connectivity index is 1.69. The second-order valence-electron chi connectivity index (χ2n) is 6.50. The van der Waals surface area contributed by atoms with Crippen molar-refractivity contribution < 1.29 is 9.18 Å². The Bertz CT molecular complexity index is 1230. The summed E-state index contributed by atoms with van der Waals surface area (Å²) >= 11 is 1.50. The van der Waals surface area contributed by atoms with Crippen molar-refractivity contribution in [2.75, 3.05) is 4.90 Å². The van der Waals surface area contributed by atoms with Crippen LogP contribution in [0.15, 0.2) is 64.9 Å². The van der Waals surface area contributed by atoms with Crippen molar-refractivity contribution in [3.63, 3.8) is 0 Å². The van der Waals surface area contributed by atoms with Crippen molar-refractivity contribution in [1.82, 2.24) is 14.8 Å². The molecule has 0 unspecified atom stereocenters. The van der Waals surface area contributed by atoms with E-state index in [0.717, 1.165) is 10.7 Å². The molecule has 0 fully saturated rings. The highest BCUT2D eigenvalue weighted by molar-refractivity contribution is 7.09. The summed E-state index contributed by atoms with van der Waals surface area (Å²) in [7, 11) is 0. The van der Waals surface area contributed by atoms with Crippen molar-refractivity contribution in [1.29, 1.82) is 0 Å². The lowest BCUT2D eigenvalue weighted by Gasteiger charge is -2.23. The van der Waals surface area contributed by atoms with Crippen LogP contribution in [-0.4, -0.2) is 20.7 Å². The topological polar surface area (TPSA) is 68.1 Å². The molecule has 0 N–H and O–H groups in total. The molecule has 146 valence electrons. The molecule has 4 aromatic rings. The zero-order valence-electron chi connectivity index (χ0n) is 15.6. The zero-order chi connectivity index (χ0) is 20.4. The van der Waals surface area contributed by atoms with E-state index in [2.05, 4.69) is 10.1 Å². The Kier molecular flexibility index (Phi) is 5.18. The summed E-state index contributed by atoms with van der Waals surface area (Å²) in [6, 6.07) is 12.8. The van der Waals surface area contributed by atoms with Gasteiger partial charge in [-0.15, -0.1) is 11.3 Å². The van der Waals surface area contributed by atoms with Gasteiger partial charge in [0.05, 0.1) is 29.0 Å². The Morgan fingerprint density at radius 2 is 1.93 bits per heavy atom. The van der Waals surface area contributed by atoms with Crippen molar-refractivity contribution in [3.05, 3.63) is 86.8 Å². The second-order valence-corrected chi connectivity index (χ2v) is 7.56. The Morgan fingerprint density at radius 3 is 2.66 bits per heavy atom. The fourth-order valence-electron chi connectivity index (χ4n) is 3.09. The molecule has 29 heavy (non-hydrogen) atoms. The maximum atomic E-state index is 13.4. The number of para-hydroxylation sites is 1. The first kappa shape index (κ1) is 18.9.